The monoisotopic (exact) mass is 277 g/mol. The average Bonchev–Trinajstić information content (AvgIpc) is 2.78. The van der Waals surface area contributed by atoms with Crippen molar-refractivity contribution in [1.82, 2.24) is 5.32 Å². The van der Waals surface area contributed by atoms with E-state index in [1.165, 1.54) is 0 Å². The van der Waals surface area contributed by atoms with E-state index in [0.29, 0.717) is 12.8 Å². The van der Waals surface area contributed by atoms with Crippen LogP contribution in [0.2, 0.25) is 0 Å². The van der Waals surface area contributed by atoms with Gasteiger partial charge in [-0.15, -0.1) is 0 Å². The first-order chi connectivity index (χ1) is 8.44. The molecule has 0 bridgehead atoms. The Bertz CT molecular complexity index is 351. The van der Waals surface area contributed by atoms with E-state index in [1.807, 2.05) is 6.92 Å². The highest BCUT2D eigenvalue weighted by molar-refractivity contribution is 7.58. The minimum Gasteiger partial charge on any atom is -0.392 e. The van der Waals surface area contributed by atoms with Crippen LogP contribution in [-0.4, -0.2) is 41.7 Å². The number of carbonyl (C=O) groups is 2. The highest BCUT2D eigenvalue weighted by Gasteiger charge is 2.29. The molecule has 1 aliphatic rings. The van der Waals surface area contributed by atoms with Crippen LogP contribution in [0, 0.1) is 0 Å². The summed E-state index contributed by atoms with van der Waals surface area (Å²) in [6.07, 6.45) is 2.38. The maximum absolute atomic E-state index is 11.6. The quantitative estimate of drug-likeness (QED) is 0.425. The predicted octanol–water partition coefficient (Wildman–Crippen LogP) is 0.879. The number of hydrogen-bond acceptors (Lipinski definition) is 5. The van der Waals surface area contributed by atoms with Crippen molar-refractivity contribution >= 4 is 19.3 Å². The van der Waals surface area contributed by atoms with Crippen LogP contribution in [0.5, 0.6) is 0 Å². The van der Waals surface area contributed by atoms with Gasteiger partial charge in [0.2, 0.25) is 7.37 Å². The van der Waals surface area contributed by atoms with E-state index in [1.54, 1.807) is 0 Å². The van der Waals surface area contributed by atoms with Gasteiger partial charge >= 0.3 is 11.9 Å². The summed E-state index contributed by atoms with van der Waals surface area (Å²) < 4.78 is 16.2. The van der Waals surface area contributed by atoms with Crippen molar-refractivity contribution in [3.63, 3.8) is 0 Å². The lowest BCUT2D eigenvalue weighted by Gasteiger charge is -2.12. The number of unbranched alkanes of at least 4 members (excludes halogenated alkanes) is 1. The fourth-order valence-electron chi connectivity index (χ4n) is 1.79. The van der Waals surface area contributed by atoms with Gasteiger partial charge in [-0.1, -0.05) is 13.3 Å². The Morgan fingerprint density at radius 1 is 1.50 bits per heavy atom. The van der Waals surface area contributed by atoms with E-state index in [2.05, 4.69) is 10.1 Å². The molecule has 2 atom stereocenters. The summed E-state index contributed by atoms with van der Waals surface area (Å²) in [7, 11) is -3.50. The fraction of sp³-hybridized carbons (Fsp3) is 0.818. The molecule has 1 saturated heterocycles. The SMILES string of the molecule is CCCCP(=O)(O)CC(=O)OC(=O)[C@@H]1CCCN1. The maximum atomic E-state index is 11.6. The number of rotatable bonds is 6. The number of ether oxygens (including phenoxy) is 1. The van der Waals surface area contributed by atoms with Gasteiger partial charge in [0, 0.05) is 6.16 Å². The molecular formula is C11H20NO5P. The Kier molecular flexibility index (Phi) is 5.99. The van der Waals surface area contributed by atoms with E-state index < -0.39 is 31.5 Å². The molecule has 2 N–H and O–H groups in total. The molecule has 1 aliphatic heterocycles. The zero-order valence-corrected chi connectivity index (χ0v) is 11.4. The van der Waals surface area contributed by atoms with Gasteiger partial charge in [0.25, 0.3) is 0 Å². The number of esters is 2. The lowest BCUT2D eigenvalue weighted by molar-refractivity contribution is -0.159. The number of carbonyl (C=O) groups excluding carboxylic acids is 2. The molecule has 0 saturated carbocycles. The predicted molar refractivity (Wildman–Crippen MR) is 66.6 cm³/mol. The number of hydrogen-bond donors (Lipinski definition) is 2. The highest BCUT2D eigenvalue weighted by atomic mass is 31.2. The lowest BCUT2D eigenvalue weighted by Crippen LogP contribution is -2.34. The van der Waals surface area contributed by atoms with Crippen molar-refractivity contribution in [3.05, 3.63) is 0 Å². The van der Waals surface area contributed by atoms with Crippen LogP contribution in [0.25, 0.3) is 0 Å². The van der Waals surface area contributed by atoms with E-state index in [4.69, 9.17) is 0 Å². The van der Waals surface area contributed by atoms with Crippen molar-refractivity contribution in [2.45, 2.75) is 38.6 Å². The summed E-state index contributed by atoms with van der Waals surface area (Å²) in [5.41, 5.74) is 0. The zero-order chi connectivity index (χ0) is 13.6. The van der Waals surface area contributed by atoms with Crippen LogP contribution in [0.15, 0.2) is 0 Å². The first kappa shape index (κ1) is 15.3. The van der Waals surface area contributed by atoms with Gasteiger partial charge in [-0.25, -0.2) is 4.79 Å². The molecule has 1 fully saturated rings. The van der Waals surface area contributed by atoms with Gasteiger partial charge in [-0.05, 0) is 25.8 Å². The number of nitrogens with one attached hydrogen (secondary N) is 1. The molecule has 1 unspecified atom stereocenters. The maximum Gasteiger partial charge on any atom is 0.330 e. The Morgan fingerprint density at radius 3 is 2.78 bits per heavy atom. The lowest BCUT2D eigenvalue weighted by atomic mass is 10.2. The third kappa shape index (κ3) is 5.29. The van der Waals surface area contributed by atoms with Crippen LogP contribution >= 0.6 is 7.37 Å². The highest BCUT2D eigenvalue weighted by Crippen LogP contribution is 2.41. The van der Waals surface area contributed by atoms with Crippen molar-refractivity contribution in [1.29, 1.82) is 0 Å². The van der Waals surface area contributed by atoms with Crippen LogP contribution in [0.4, 0.5) is 0 Å². The van der Waals surface area contributed by atoms with Gasteiger partial charge in [-0.3, -0.25) is 9.36 Å². The van der Waals surface area contributed by atoms with E-state index >= 15 is 0 Å². The molecule has 1 heterocycles. The summed E-state index contributed by atoms with van der Waals surface area (Å²) >= 11 is 0. The summed E-state index contributed by atoms with van der Waals surface area (Å²) in [6, 6.07) is -0.456. The summed E-state index contributed by atoms with van der Waals surface area (Å²) in [5.74, 6) is -1.55. The Morgan fingerprint density at radius 2 is 2.22 bits per heavy atom. The molecule has 18 heavy (non-hydrogen) atoms. The van der Waals surface area contributed by atoms with Crippen LogP contribution in [0.3, 0.4) is 0 Å². The van der Waals surface area contributed by atoms with E-state index in [-0.39, 0.29) is 6.16 Å². The largest absolute Gasteiger partial charge is 0.392 e. The van der Waals surface area contributed by atoms with Crippen LogP contribution in [-0.2, 0) is 18.9 Å². The minimum absolute atomic E-state index is 0.0917. The fourth-order valence-corrected chi connectivity index (χ4v) is 3.22. The molecule has 1 rings (SSSR count). The standard InChI is InChI=1S/C11H20NO5P/c1-2-3-7-18(15,16)8-10(13)17-11(14)9-5-4-6-12-9/h9,12H,2-8H2,1H3,(H,15,16)/t9-/m0/s1. The first-order valence-electron chi connectivity index (χ1n) is 6.23. The molecule has 0 aromatic rings. The van der Waals surface area contributed by atoms with E-state index in [9.17, 15) is 19.0 Å². The second kappa shape index (κ2) is 7.02. The normalized spacial score (nSPS) is 22.4. The minimum atomic E-state index is -3.50. The Balaban J connectivity index is 2.36. The topological polar surface area (TPSA) is 92.7 Å². The van der Waals surface area contributed by atoms with Gasteiger partial charge in [0.1, 0.15) is 12.2 Å². The molecule has 0 aliphatic carbocycles. The summed E-state index contributed by atoms with van der Waals surface area (Å²) in [6.45, 7) is 2.62. The Hall–Kier alpha value is -0.710. The molecular weight excluding hydrogens is 257 g/mol. The third-order valence-corrected chi connectivity index (χ3v) is 4.56. The van der Waals surface area contributed by atoms with Gasteiger partial charge < -0.3 is 14.9 Å². The Labute approximate surface area is 107 Å². The van der Waals surface area contributed by atoms with Crippen molar-refractivity contribution in [3.8, 4) is 0 Å². The second-order valence-corrected chi connectivity index (χ2v) is 6.98. The zero-order valence-electron chi connectivity index (χ0n) is 10.6. The molecule has 0 aromatic heterocycles. The molecule has 0 aromatic carbocycles. The molecule has 0 radical (unpaired) electrons. The summed E-state index contributed by atoms with van der Waals surface area (Å²) in [4.78, 5) is 32.4. The van der Waals surface area contributed by atoms with Crippen molar-refractivity contribution in [2.75, 3.05) is 18.9 Å². The molecule has 6 nitrogen and oxygen atoms in total. The third-order valence-electron chi connectivity index (χ3n) is 2.80. The average molecular weight is 277 g/mol. The molecule has 7 heteroatoms. The van der Waals surface area contributed by atoms with Gasteiger partial charge in [0.15, 0.2) is 0 Å². The second-order valence-electron chi connectivity index (χ2n) is 4.52. The molecule has 0 spiro atoms. The smallest absolute Gasteiger partial charge is 0.330 e. The van der Waals surface area contributed by atoms with Gasteiger partial charge in [0.05, 0.1) is 0 Å². The van der Waals surface area contributed by atoms with Crippen molar-refractivity contribution < 1.29 is 23.8 Å². The van der Waals surface area contributed by atoms with Crippen LogP contribution < -0.4 is 5.32 Å². The summed E-state index contributed by atoms with van der Waals surface area (Å²) in [5, 5.41) is 2.90. The first-order valence-corrected chi connectivity index (χ1v) is 8.26. The van der Waals surface area contributed by atoms with Gasteiger partial charge in [-0.2, -0.15) is 0 Å². The van der Waals surface area contributed by atoms with Crippen LogP contribution in [0.1, 0.15) is 32.6 Å². The van der Waals surface area contributed by atoms with E-state index in [0.717, 1.165) is 19.4 Å². The molecule has 0 amide bonds. The molecule has 104 valence electrons. The van der Waals surface area contributed by atoms with Crippen molar-refractivity contribution in [2.24, 2.45) is 0 Å².